The van der Waals surface area contributed by atoms with Gasteiger partial charge in [0.1, 0.15) is 0 Å². The van der Waals surface area contributed by atoms with E-state index in [9.17, 15) is 0 Å². The Morgan fingerprint density at radius 2 is 0.425 bits per heavy atom. The molecule has 0 fully saturated rings. The fourth-order valence-corrected chi connectivity index (χ4v) is 26.1. The molecule has 146 heavy (non-hydrogen) atoms. The predicted molar refractivity (Wildman–Crippen MR) is 631 cm³/mol. The average Bonchev–Trinajstić information content (AvgIpc) is 1.54. The molecular weight excluding hydrogens is 1800 g/mol. The van der Waals surface area contributed by atoms with Crippen LogP contribution in [0.5, 0.6) is 0 Å². The van der Waals surface area contributed by atoms with Gasteiger partial charge in [0.05, 0.1) is 59.2 Å². The molecule has 0 spiro atoms. The summed E-state index contributed by atoms with van der Waals surface area (Å²) in [5.41, 5.74) is 24.6. The highest BCUT2D eigenvalue weighted by molar-refractivity contribution is 7.27. The highest BCUT2D eigenvalue weighted by Gasteiger charge is 2.27. The Morgan fingerprint density at radius 1 is 0.130 bits per heavy atom. The van der Waals surface area contributed by atoms with Crippen LogP contribution in [-0.2, 0) is 0 Å². The molecule has 0 bridgehead atoms. The number of fused-ring (bicyclic) bond motifs is 34. The van der Waals surface area contributed by atoms with Crippen LogP contribution in [0.2, 0.25) is 0 Å². The van der Waals surface area contributed by atoms with Gasteiger partial charge in [0.2, 0.25) is 0 Å². The number of para-hydroxylation sites is 2. The van der Waals surface area contributed by atoms with Gasteiger partial charge in [-0.25, -0.2) is 0 Å². The Kier molecular flexibility index (Phi) is 20.0. The van der Waals surface area contributed by atoms with Crippen molar-refractivity contribution in [2.45, 2.75) is 0 Å². The lowest BCUT2D eigenvalue weighted by atomic mass is 9.99. The molecule has 0 atom stereocenters. The minimum atomic E-state index is 1.17. The van der Waals surface area contributed by atoms with Crippen LogP contribution in [0.3, 0.4) is 0 Å². The number of hydrogen-bond acceptors (Lipinski definition) is 2. The summed E-state index contributed by atoms with van der Waals surface area (Å²) < 4.78 is 15.2. The van der Waals surface area contributed by atoms with E-state index in [2.05, 4.69) is 552 Å². The van der Waals surface area contributed by atoms with E-state index < -0.39 is 0 Å². The highest BCUT2D eigenvalue weighted by Crippen LogP contribution is 2.52. The number of rotatable bonds is 8. The van der Waals surface area contributed by atoms with Gasteiger partial charge in [-0.05, 0) is 228 Å². The monoisotopic (exact) mass is 1890 g/mol. The van der Waals surface area contributed by atoms with Gasteiger partial charge in [0.25, 0.3) is 0 Å². The number of thiophene rings is 2. The summed E-state index contributed by atoms with van der Waals surface area (Å²) in [5, 5.41) is 36.5. The maximum atomic E-state index is 2.51. The van der Waals surface area contributed by atoms with Crippen molar-refractivity contribution in [3.05, 3.63) is 534 Å². The second kappa shape index (κ2) is 34.7. The first-order chi connectivity index (χ1) is 72.4. The summed E-state index contributed by atoms with van der Waals surface area (Å²) in [7, 11) is 0. The summed E-state index contributed by atoms with van der Waals surface area (Å²) in [5.74, 6) is 0. The van der Waals surface area contributed by atoms with Crippen LogP contribution in [0, 0.1) is 0 Å². The van der Waals surface area contributed by atoms with Crippen LogP contribution in [-0.4, -0.2) is 18.3 Å². The molecule has 0 N–H and O–H groups in total. The molecule has 32 rings (SSSR count). The Bertz CT molecular complexity index is 10900. The fraction of sp³-hybridized carbons (Fsp3) is 0. The van der Waals surface area contributed by atoms with Gasteiger partial charge >= 0.3 is 0 Å². The largest absolute Gasteiger partial charge is 0.309 e. The molecule has 0 saturated carbocycles. The van der Waals surface area contributed by atoms with Gasteiger partial charge < -0.3 is 18.3 Å². The molecule has 0 radical (unpaired) electrons. The second-order valence-corrected chi connectivity index (χ2v) is 40.4. The molecule has 0 aliphatic heterocycles. The van der Waals surface area contributed by atoms with E-state index in [1.54, 1.807) is 0 Å². The van der Waals surface area contributed by atoms with Crippen molar-refractivity contribution in [2.24, 2.45) is 0 Å². The molecular formula is C140H88N4S2. The minimum absolute atomic E-state index is 1.17. The van der Waals surface area contributed by atoms with Gasteiger partial charge in [0, 0.05) is 96.5 Å². The van der Waals surface area contributed by atoms with E-state index >= 15 is 0 Å². The van der Waals surface area contributed by atoms with Gasteiger partial charge in [0.15, 0.2) is 0 Å². The van der Waals surface area contributed by atoms with Gasteiger partial charge in [-0.1, -0.05) is 431 Å². The van der Waals surface area contributed by atoms with Crippen molar-refractivity contribution in [3.8, 4) is 67.3 Å². The number of nitrogens with zero attached hydrogens (tertiary/aromatic N) is 4. The summed E-state index contributed by atoms with van der Waals surface area (Å²) >= 11 is 3.83. The van der Waals surface area contributed by atoms with Gasteiger partial charge in [-0.2, -0.15) is 0 Å². The van der Waals surface area contributed by atoms with Crippen LogP contribution in [0.25, 0.3) is 281 Å². The molecule has 6 heteroatoms. The molecule has 32 aromatic rings. The Hall–Kier alpha value is -18.6. The molecule has 6 heterocycles. The lowest BCUT2D eigenvalue weighted by Gasteiger charge is -2.13. The highest BCUT2D eigenvalue weighted by atomic mass is 32.1. The lowest BCUT2D eigenvalue weighted by Crippen LogP contribution is -1.95. The molecule has 680 valence electrons. The number of hydrogen-bond donors (Lipinski definition) is 0. The number of benzene rings is 26. The summed E-state index contributed by atoms with van der Waals surface area (Å²) in [6, 6.07) is 194. The van der Waals surface area contributed by atoms with Crippen molar-refractivity contribution >= 4 is 236 Å². The average molecular weight is 1890 g/mol. The van der Waals surface area contributed by atoms with Crippen molar-refractivity contribution in [3.63, 3.8) is 0 Å². The van der Waals surface area contributed by atoms with E-state index in [1.165, 1.54) is 281 Å². The standard InChI is InChI=1S/2C38H25N.2C32H19NS/c1-2-8-26(9-3-1)32-18-22-35-37(25-32)39(36-23-19-29-11-6-7-13-34(29)38(35)36)33-20-16-28(17-21-33)31-15-14-27-10-4-5-12-30(27)24-31;1-2-8-26(9-3-1)28-16-20-33(21-17-28)39-36-23-19-29-11-6-7-13-34(29)38(36)35-22-18-32(25-37(35)39)31-15-14-27-10-4-5-12-30(27)24-31;1-2-12-21-20(10-1)11-9-18-26(21)33-27-17-7-5-15-24(27)29-22-13-3-4-14-23(22)30-25-16-6-8-19-28(25)34-32(30)31(29)33;1-2-10-21-19-22(18-17-20(21)9-1)33-27-15-7-5-13-25(27)29-23-11-3-4-12-24(23)30-26-14-6-8-16-28(26)34-32(30)31(29)33/h2*1-25H;2*1-19H. The van der Waals surface area contributed by atoms with Crippen LogP contribution in [0.1, 0.15) is 0 Å². The molecule has 0 unspecified atom stereocenters. The zero-order valence-corrected chi connectivity index (χ0v) is 81.0. The SMILES string of the molecule is c1ccc(-c2ccc(-n3c4cc(-c5ccc6ccccc6c5)ccc4c4c5ccccc5ccc43)cc2)cc1.c1ccc(-c2ccc3c4c5ccccc5ccc4n(-c4ccc(-c5ccc6ccccc6c5)cc4)c3c2)cc1.c1ccc2c(-n3c4ccccc4c4c5ccccc5c5c6ccccc6sc5c43)cccc2c1.c1ccc2cc(-n3c4ccccc4c4c5ccccc5c5c6ccccc6sc5c43)ccc2c1. The fourth-order valence-electron chi connectivity index (χ4n) is 23.6. The topological polar surface area (TPSA) is 19.7 Å². The normalized spacial score (nSPS) is 11.8. The summed E-state index contributed by atoms with van der Waals surface area (Å²) in [6.07, 6.45) is 0. The van der Waals surface area contributed by atoms with Gasteiger partial charge in [-0.3, -0.25) is 0 Å². The van der Waals surface area contributed by atoms with Crippen LogP contribution in [0.15, 0.2) is 534 Å². The van der Waals surface area contributed by atoms with E-state index in [0.717, 1.165) is 0 Å². The minimum Gasteiger partial charge on any atom is -0.309 e. The van der Waals surface area contributed by atoms with Crippen molar-refractivity contribution in [1.29, 1.82) is 0 Å². The van der Waals surface area contributed by atoms with Crippen molar-refractivity contribution in [1.82, 2.24) is 18.3 Å². The van der Waals surface area contributed by atoms with Crippen molar-refractivity contribution in [2.75, 3.05) is 0 Å². The molecule has 0 aliphatic rings. The zero-order valence-electron chi connectivity index (χ0n) is 79.4. The third-order valence-electron chi connectivity index (χ3n) is 30.2. The third kappa shape index (κ3) is 13.9. The Balaban J connectivity index is 0.0000000923. The molecule has 0 saturated heterocycles. The van der Waals surface area contributed by atoms with Crippen LogP contribution >= 0.6 is 22.7 Å². The van der Waals surface area contributed by atoms with E-state index in [-0.39, 0.29) is 0 Å². The quantitative estimate of drug-likeness (QED) is 0.144. The summed E-state index contributed by atoms with van der Waals surface area (Å²) in [4.78, 5) is 0. The Labute approximate surface area is 849 Å². The molecule has 26 aromatic carbocycles. The predicted octanol–water partition coefficient (Wildman–Crippen LogP) is 39.8. The van der Waals surface area contributed by atoms with Gasteiger partial charge in [-0.15, -0.1) is 22.7 Å². The zero-order chi connectivity index (χ0) is 96.0. The Morgan fingerprint density at radius 3 is 0.911 bits per heavy atom. The third-order valence-corrected chi connectivity index (χ3v) is 32.6. The smallest absolute Gasteiger partial charge is 0.0726 e. The second-order valence-electron chi connectivity index (χ2n) is 38.3. The molecule has 0 aliphatic carbocycles. The maximum absolute atomic E-state index is 2.51. The summed E-state index contributed by atoms with van der Waals surface area (Å²) in [6.45, 7) is 0. The first kappa shape index (κ1) is 84.3. The van der Waals surface area contributed by atoms with E-state index in [4.69, 9.17) is 0 Å². The van der Waals surface area contributed by atoms with Crippen LogP contribution in [0.4, 0.5) is 0 Å². The number of aromatic nitrogens is 4. The van der Waals surface area contributed by atoms with E-state index in [0.29, 0.717) is 0 Å². The first-order valence-corrected chi connectivity index (χ1v) is 51.8. The molecule has 6 aromatic heterocycles. The lowest BCUT2D eigenvalue weighted by molar-refractivity contribution is 1.18. The first-order valence-electron chi connectivity index (χ1n) is 50.1. The molecule has 0 amide bonds. The molecule has 4 nitrogen and oxygen atoms in total. The maximum Gasteiger partial charge on any atom is 0.0726 e. The van der Waals surface area contributed by atoms with Crippen LogP contribution < -0.4 is 0 Å². The van der Waals surface area contributed by atoms with E-state index in [1.807, 2.05) is 22.7 Å². The van der Waals surface area contributed by atoms with Crippen molar-refractivity contribution < 1.29 is 0 Å².